The molecular formula is C15H19BrN2. The van der Waals surface area contributed by atoms with Crippen LogP contribution in [0.4, 0.5) is 5.69 Å². The van der Waals surface area contributed by atoms with Crippen molar-refractivity contribution in [2.75, 3.05) is 25.0 Å². The lowest BCUT2D eigenvalue weighted by atomic mass is 10.0. The Morgan fingerprint density at radius 3 is 2.78 bits per heavy atom. The van der Waals surface area contributed by atoms with Gasteiger partial charge in [0.15, 0.2) is 0 Å². The van der Waals surface area contributed by atoms with Gasteiger partial charge in [-0.1, -0.05) is 21.9 Å². The third-order valence-corrected chi connectivity index (χ3v) is 4.32. The standard InChI is InChI=1S/C15H19BrN2/c1-3-8-18-9-6-13(7-10-18)17-14-4-5-15(16)12(2)11-14/h1,4-5,11,13,17H,6-10H2,2H3. The molecule has 0 bridgehead atoms. The molecule has 0 unspecified atom stereocenters. The van der Waals surface area contributed by atoms with Gasteiger partial charge in [-0.3, -0.25) is 4.90 Å². The van der Waals surface area contributed by atoms with Crippen LogP contribution >= 0.6 is 15.9 Å². The normalized spacial score (nSPS) is 17.4. The molecule has 1 N–H and O–H groups in total. The summed E-state index contributed by atoms with van der Waals surface area (Å²) in [5.74, 6) is 2.72. The Kier molecular flexibility index (Phi) is 4.68. The van der Waals surface area contributed by atoms with Crippen molar-refractivity contribution in [2.45, 2.75) is 25.8 Å². The van der Waals surface area contributed by atoms with Crippen LogP contribution in [0.25, 0.3) is 0 Å². The van der Waals surface area contributed by atoms with Crippen LogP contribution < -0.4 is 5.32 Å². The lowest BCUT2D eigenvalue weighted by molar-refractivity contribution is 0.243. The number of halogens is 1. The second-order valence-electron chi connectivity index (χ2n) is 4.86. The van der Waals surface area contributed by atoms with E-state index in [2.05, 4.69) is 57.2 Å². The van der Waals surface area contributed by atoms with E-state index in [0.717, 1.165) is 36.9 Å². The van der Waals surface area contributed by atoms with Gasteiger partial charge in [-0.15, -0.1) is 6.42 Å². The molecular weight excluding hydrogens is 288 g/mol. The predicted octanol–water partition coefficient (Wildman–Crippen LogP) is 3.27. The van der Waals surface area contributed by atoms with Gasteiger partial charge in [0.1, 0.15) is 0 Å². The lowest BCUT2D eigenvalue weighted by Crippen LogP contribution is -2.39. The summed E-state index contributed by atoms with van der Waals surface area (Å²) in [6, 6.07) is 6.99. The van der Waals surface area contributed by atoms with Crippen LogP contribution in [-0.4, -0.2) is 30.6 Å². The first-order chi connectivity index (χ1) is 8.69. The average Bonchev–Trinajstić information content (AvgIpc) is 2.37. The van der Waals surface area contributed by atoms with Gasteiger partial charge in [-0.2, -0.15) is 0 Å². The highest BCUT2D eigenvalue weighted by atomic mass is 79.9. The van der Waals surface area contributed by atoms with Gasteiger partial charge in [0, 0.05) is 29.3 Å². The minimum atomic E-state index is 0.569. The monoisotopic (exact) mass is 306 g/mol. The number of piperidine rings is 1. The Morgan fingerprint density at radius 2 is 2.17 bits per heavy atom. The van der Waals surface area contributed by atoms with Gasteiger partial charge >= 0.3 is 0 Å². The second-order valence-corrected chi connectivity index (χ2v) is 5.72. The predicted molar refractivity (Wildman–Crippen MR) is 80.8 cm³/mol. The van der Waals surface area contributed by atoms with E-state index in [0.29, 0.717) is 6.04 Å². The van der Waals surface area contributed by atoms with Crippen molar-refractivity contribution >= 4 is 21.6 Å². The fourth-order valence-corrected chi connectivity index (χ4v) is 2.58. The van der Waals surface area contributed by atoms with E-state index < -0.39 is 0 Å². The first kappa shape index (κ1) is 13.5. The molecule has 0 atom stereocenters. The molecule has 1 saturated heterocycles. The van der Waals surface area contributed by atoms with Crippen molar-refractivity contribution in [3.05, 3.63) is 28.2 Å². The van der Waals surface area contributed by atoms with E-state index in [1.807, 2.05) is 0 Å². The van der Waals surface area contributed by atoms with Crippen LogP contribution in [0.1, 0.15) is 18.4 Å². The number of aryl methyl sites for hydroxylation is 1. The number of benzene rings is 1. The maximum Gasteiger partial charge on any atom is 0.0598 e. The summed E-state index contributed by atoms with van der Waals surface area (Å²) in [7, 11) is 0. The minimum Gasteiger partial charge on any atom is -0.382 e. The van der Waals surface area contributed by atoms with Crippen molar-refractivity contribution in [2.24, 2.45) is 0 Å². The third kappa shape index (κ3) is 3.51. The van der Waals surface area contributed by atoms with Crippen molar-refractivity contribution in [1.82, 2.24) is 4.90 Å². The Morgan fingerprint density at radius 1 is 1.44 bits per heavy atom. The fourth-order valence-electron chi connectivity index (χ4n) is 2.33. The van der Waals surface area contributed by atoms with Crippen LogP contribution in [0, 0.1) is 19.3 Å². The van der Waals surface area contributed by atoms with Crippen molar-refractivity contribution in [3.63, 3.8) is 0 Å². The molecule has 0 spiro atoms. The number of rotatable bonds is 3. The first-order valence-electron chi connectivity index (χ1n) is 6.37. The molecule has 2 nitrogen and oxygen atoms in total. The lowest BCUT2D eigenvalue weighted by Gasteiger charge is -2.31. The highest BCUT2D eigenvalue weighted by Gasteiger charge is 2.18. The van der Waals surface area contributed by atoms with Crippen molar-refractivity contribution < 1.29 is 0 Å². The fraction of sp³-hybridized carbons (Fsp3) is 0.467. The SMILES string of the molecule is C#CCN1CCC(Nc2ccc(Br)c(C)c2)CC1. The Hall–Kier alpha value is -0.980. The van der Waals surface area contributed by atoms with Crippen LogP contribution in [0.2, 0.25) is 0 Å². The Bertz CT molecular complexity index is 442. The maximum absolute atomic E-state index is 5.34. The second kappa shape index (κ2) is 6.26. The molecule has 18 heavy (non-hydrogen) atoms. The summed E-state index contributed by atoms with van der Waals surface area (Å²) in [5.41, 5.74) is 2.48. The van der Waals surface area contributed by atoms with Gasteiger partial charge in [-0.25, -0.2) is 0 Å². The molecule has 3 heteroatoms. The van der Waals surface area contributed by atoms with Gasteiger partial charge in [0.2, 0.25) is 0 Å². The molecule has 96 valence electrons. The summed E-state index contributed by atoms with van der Waals surface area (Å²) < 4.78 is 1.16. The number of hydrogen-bond donors (Lipinski definition) is 1. The molecule has 1 aliphatic heterocycles. The molecule has 1 aromatic rings. The number of anilines is 1. The van der Waals surface area contributed by atoms with Crippen molar-refractivity contribution in [3.8, 4) is 12.3 Å². The summed E-state index contributed by atoms with van der Waals surface area (Å²) in [6.07, 6.45) is 7.66. The van der Waals surface area contributed by atoms with E-state index >= 15 is 0 Å². The maximum atomic E-state index is 5.34. The molecule has 0 radical (unpaired) electrons. The van der Waals surface area contributed by atoms with E-state index in [4.69, 9.17) is 6.42 Å². The van der Waals surface area contributed by atoms with E-state index in [1.54, 1.807) is 0 Å². The van der Waals surface area contributed by atoms with Crippen LogP contribution in [-0.2, 0) is 0 Å². The highest BCUT2D eigenvalue weighted by Crippen LogP contribution is 2.22. The summed E-state index contributed by atoms with van der Waals surface area (Å²) in [4.78, 5) is 2.34. The number of hydrogen-bond acceptors (Lipinski definition) is 2. The zero-order chi connectivity index (χ0) is 13.0. The molecule has 1 aromatic carbocycles. The van der Waals surface area contributed by atoms with Gasteiger partial charge in [-0.05, 0) is 43.5 Å². The Balaban J connectivity index is 1.88. The molecule has 0 saturated carbocycles. The summed E-state index contributed by atoms with van der Waals surface area (Å²) >= 11 is 3.53. The van der Waals surface area contributed by atoms with Crippen LogP contribution in [0.5, 0.6) is 0 Å². The zero-order valence-electron chi connectivity index (χ0n) is 10.7. The number of nitrogens with one attached hydrogen (secondary N) is 1. The quantitative estimate of drug-likeness (QED) is 0.862. The zero-order valence-corrected chi connectivity index (χ0v) is 12.3. The topological polar surface area (TPSA) is 15.3 Å². The molecule has 1 aliphatic rings. The Labute approximate surface area is 118 Å². The molecule has 1 fully saturated rings. The minimum absolute atomic E-state index is 0.569. The molecule has 0 aromatic heterocycles. The largest absolute Gasteiger partial charge is 0.382 e. The summed E-state index contributed by atoms with van der Waals surface area (Å²) in [5, 5.41) is 3.61. The van der Waals surface area contributed by atoms with Gasteiger partial charge in [0.25, 0.3) is 0 Å². The molecule has 0 aliphatic carbocycles. The van der Waals surface area contributed by atoms with Crippen LogP contribution in [0.15, 0.2) is 22.7 Å². The first-order valence-corrected chi connectivity index (χ1v) is 7.17. The molecule has 0 amide bonds. The third-order valence-electron chi connectivity index (χ3n) is 3.43. The van der Waals surface area contributed by atoms with Crippen molar-refractivity contribution in [1.29, 1.82) is 0 Å². The van der Waals surface area contributed by atoms with E-state index in [-0.39, 0.29) is 0 Å². The number of terminal acetylenes is 1. The number of nitrogens with zero attached hydrogens (tertiary/aromatic N) is 1. The van der Waals surface area contributed by atoms with E-state index in [1.165, 1.54) is 11.3 Å². The average molecular weight is 307 g/mol. The van der Waals surface area contributed by atoms with Gasteiger partial charge < -0.3 is 5.32 Å². The smallest absolute Gasteiger partial charge is 0.0598 e. The van der Waals surface area contributed by atoms with Gasteiger partial charge in [0.05, 0.1) is 6.54 Å². The van der Waals surface area contributed by atoms with Crippen LogP contribution in [0.3, 0.4) is 0 Å². The highest BCUT2D eigenvalue weighted by molar-refractivity contribution is 9.10. The van der Waals surface area contributed by atoms with E-state index in [9.17, 15) is 0 Å². The molecule has 1 heterocycles. The summed E-state index contributed by atoms with van der Waals surface area (Å²) in [6.45, 7) is 5.09. The molecule has 2 rings (SSSR count). The number of likely N-dealkylation sites (tertiary alicyclic amines) is 1.